The molecule has 0 bridgehead atoms. The van der Waals surface area contributed by atoms with Crippen LogP contribution in [0.25, 0.3) is 5.69 Å². The van der Waals surface area contributed by atoms with E-state index in [1.165, 1.54) is 0 Å². The van der Waals surface area contributed by atoms with Crippen molar-refractivity contribution in [3.63, 3.8) is 0 Å². The first-order valence-electron chi connectivity index (χ1n) is 7.51. The van der Waals surface area contributed by atoms with Crippen molar-refractivity contribution in [3.8, 4) is 5.69 Å². The molecular formula is C15H14F2N6O. The maximum Gasteiger partial charge on any atom is 0.315 e. The Morgan fingerprint density at radius 1 is 1.17 bits per heavy atom. The summed E-state index contributed by atoms with van der Waals surface area (Å²) in [5.41, 5.74) is 1.59. The van der Waals surface area contributed by atoms with E-state index in [0.717, 1.165) is 5.69 Å². The molecule has 0 spiro atoms. The van der Waals surface area contributed by atoms with Crippen LogP contribution in [-0.4, -0.2) is 31.1 Å². The minimum absolute atomic E-state index is 0.189. The van der Waals surface area contributed by atoms with Crippen molar-refractivity contribution in [1.29, 1.82) is 0 Å². The minimum atomic E-state index is -2.61. The van der Waals surface area contributed by atoms with E-state index < -0.39 is 5.92 Å². The van der Waals surface area contributed by atoms with Crippen LogP contribution in [0.2, 0.25) is 0 Å². The van der Waals surface area contributed by atoms with Crippen molar-refractivity contribution in [2.24, 2.45) is 0 Å². The third-order valence-electron chi connectivity index (χ3n) is 3.86. The maximum atomic E-state index is 12.9. The Morgan fingerprint density at radius 2 is 1.96 bits per heavy atom. The van der Waals surface area contributed by atoms with Crippen LogP contribution >= 0.6 is 0 Å². The number of benzene rings is 1. The molecule has 0 unspecified atom stereocenters. The van der Waals surface area contributed by atoms with Crippen LogP contribution in [0.3, 0.4) is 0 Å². The van der Waals surface area contributed by atoms with Gasteiger partial charge in [-0.3, -0.25) is 0 Å². The van der Waals surface area contributed by atoms with Crippen LogP contribution in [0.5, 0.6) is 0 Å². The fourth-order valence-electron chi connectivity index (χ4n) is 2.56. The van der Waals surface area contributed by atoms with Gasteiger partial charge in [0.1, 0.15) is 5.69 Å². The molecule has 1 N–H and O–H groups in total. The number of aromatic nitrogens is 5. The molecule has 0 radical (unpaired) electrons. The molecular weight excluding hydrogens is 318 g/mol. The van der Waals surface area contributed by atoms with Crippen LogP contribution < -0.4 is 5.32 Å². The highest BCUT2D eigenvalue weighted by Crippen LogP contribution is 2.47. The van der Waals surface area contributed by atoms with E-state index in [2.05, 4.69) is 25.8 Å². The molecule has 124 valence electrons. The summed E-state index contributed by atoms with van der Waals surface area (Å²) in [6.07, 6.45) is 1.31. The molecule has 4 rings (SSSR count). The molecule has 7 nitrogen and oxygen atoms in total. The third-order valence-corrected chi connectivity index (χ3v) is 3.86. The Hall–Kier alpha value is -2.84. The summed E-state index contributed by atoms with van der Waals surface area (Å²) in [4.78, 5) is 0. The summed E-state index contributed by atoms with van der Waals surface area (Å²) in [6.45, 7) is 0.343. The molecule has 2 heterocycles. The first kappa shape index (κ1) is 14.7. The third kappa shape index (κ3) is 2.97. The first-order chi connectivity index (χ1) is 11.6. The molecule has 0 saturated heterocycles. The number of hydrogen-bond acceptors (Lipinski definition) is 6. The van der Waals surface area contributed by atoms with Gasteiger partial charge < -0.3 is 9.73 Å². The van der Waals surface area contributed by atoms with E-state index in [-0.39, 0.29) is 30.7 Å². The maximum absolute atomic E-state index is 12.9. The zero-order chi connectivity index (χ0) is 16.6. The van der Waals surface area contributed by atoms with Crippen molar-refractivity contribution < 1.29 is 13.2 Å². The number of nitrogens with one attached hydrogen (secondary N) is 1. The Morgan fingerprint density at radius 3 is 2.71 bits per heavy atom. The van der Waals surface area contributed by atoms with Crippen LogP contribution in [0.1, 0.15) is 30.3 Å². The summed E-state index contributed by atoms with van der Waals surface area (Å²) in [5, 5.41) is 18.7. The van der Waals surface area contributed by atoms with Gasteiger partial charge in [0.05, 0.1) is 18.4 Å². The van der Waals surface area contributed by atoms with E-state index in [9.17, 15) is 8.78 Å². The van der Waals surface area contributed by atoms with Gasteiger partial charge in [0, 0.05) is 18.8 Å². The van der Waals surface area contributed by atoms with Gasteiger partial charge in [0.2, 0.25) is 11.8 Å². The van der Waals surface area contributed by atoms with Crippen LogP contribution in [0, 0.1) is 0 Å². The number of nitrogens with zero attached hydrogens (tertiary/aromatic N) is 5. The van der Waals surface area contributed by atoms with Gasteiger partial charge in [-0.25, -0.2) is 13.5 Å². The predicted octanol–water partition coefficient (Wildman–Crippen LogP) is 2.78. The highest BCUT2D eigenvalue weighted by molar-refractivity contribution is 5.30. The summed E-state index contributed by atoms with van der Waals surface area (Å²) in [6, 6.07) is 9.79. The van der Waals surface area contributed by atoms with E-state index in [4.69, 9.17) is 4.42 Å². The molecule has 9 heteroatoms. The summed E-state index contributed by atoms with van der Waals surface area (Å²) >= 11 is 0. The Kier molecular flexibility index (Phi) is 3.47. The van der Waals surface area contributed by atoms with Gasteiger partial charge >= 0.3 is 6.01 Å². The number of alkyl halides is 2. The molecule has 1 aliphatic carbocycles. The van der Waals surface area contributed by atoms with Crippen molar-refractivity contribution in [3.05, 3.63) is 48.1 Å². The second-order valence-corrected chi connectivity index (χ2v) is 5.75. The molecule has 2 aromatic heterocycles. The molecule has 1 saturated carbocycles. The van der Waals surface area contributed by atoms with Crippen LogP contribution in [0.4, 0.5) is 14.8 Å². The molecule has 1 fully saturated rings. The molecule has 0 atom stereocenters. The standard InChI is InChI=1S/C15H14F2N6O/c16-15(17)6-10(7-15)13-20-21-14(24-13)18-8-11-9-23(22-19-11)12-4-2-1-3-5-12/h1-5,9-10H,6-8H2,(H,18,21). The monoisotopic (exact) mass is 332 g/mol. The van der Waals surface area contributed by atoms with Crippen LogP contribution in [0.15, 0.2) is 40.9 Å². The number of para-hydroxylation sites is 1. The largest absolute Gasteiger partial charge is 0.408 e. The lowest BCUT2D eigenvalue weighted by molar-refractivity contribution is -0.0917. The Labute approximate surface area is 135 Å². The quantitative estimate of drug-likeness (QED) is 0.774. The van der Waals surface area contributed by atoms with Gasteiger partial charge in [-0.15, -0.1) is 10.2 Å². The van der Waals surface area contributed by atoms with Gasteiger partial charge in [0.15, 0.2) is 0 Å². The normalized spacial score (nSPS) is 16.8. The average molecular weight is 332 g/mol. The van der Waals surface area contributed by atoms with Crippen molar-refractivity contribution in [2.75, 3.05) is 5.32 Å². The fourth-order valence-corrected chi connectivity index (χ4v) is 2.56. The number of anilines is 1. The fraction of sp³-hybridized carbons (Fsp3) is 0.333. The Bertz CT molecular complexity index is 823. The van der Waals surface area contributed by atoms with E-state index in [1.54, 1.807) is 10.9 Å². The zero-order valence-electron chi connectivity index (χ0n) is 12.6. The second-order valence-electron chi connectivity index (χ2n) is 5.75. The molecule has 24 heavy (non-hydrogen) atoms. The summed E-state index contributed by atoms with van der Waals surface area (Å²) in [5.74, 6) is -2.72. The van der Waals surface area contributed by atoms with Gasteiger partial charge in [0.25, 0.3) is 0 Å². The summed E-state index contributed by atoms with van der Waals surface area (Å²) in [7, 11) is 0. The number of rotatable bonds is 5. The molecule has 3 aromatic rings. The smallest absolute Gasteiger partial charge is 0.315 e. The Balaban J connectivity index is 1.36. The van der Waals surface area contributed by atoms with E-state index in [1.807, 2.05) is 30.3 Å². The van der Waals surface area contributed by atoms with Gasteiger partial charge in [-0.2, -0.15) is 0 Å². The van der Waals surface area contributed by atoms with Crippen molar-refractivity contribution >= 4 is 6.01 Å². The summed E-state index contributed by atoms with van der Waals surface area (Å²) < 4.78 is 32.8. The first-order valence-corrected chi connectivity index (χ1v) is 7.51. The molecule has 1 aliphatic rings. The predicted molar refractivity (Wildman–Crippen MR) is 79.9 cm³/mol. The number of halogens is 2. The average Bonchev–Trinajstić information content (AvgIpc) is 3.21. The van der Waals surface area contributed by atoms with Gasteiger partial charge in [-0.1, -0.05) is 28.5 Å². The second kappa shape index (κ2) is 5.66. The lowest BCUT2D eigenvalue weighted by atomic mass is 9.81. The molecule has 1 aromatic carbocycles. The molecule has 0 aliphatic heterocycles. The highest BCUT2D eigenvalue weighted by Gasteiger charge is 2.48. The number of hydrogen-bond donors (Lipinski definition) is 1. The van der Waals surface area contributed by atoms with E-state index in [0.29, 0.717) is 12.2 Å². The molecule has 0 amide bonds. The topological polar surface area (TPSA) is 81.7 Å². The highest BCUT2D eigenvalue weighted by atomic mass is 19.3. The zero-order valence-corrected chi connectivity index (χ0v) is 12.6. The van der Waals surface area contributed by atoms with E-state index >= 15 is 0 Å². The van der Waals surface area contributed by atoms with Crippen molar-refractivity contribution in [2.45, 2.75) is 31.2 Å². The lowest BCUT2D eigenvalue weighted by Gasteiger charge is -2.32. The van der Waals surface area contributed by atoms with Crippen LogP contribution in [-0.2, 0) is 6.54 Å². The minimum Gasteiger partial charge on any atom is -0.408 e. The SMILES string of the molecule is FC1(F)CC(c2nnc(NCc3cn(-c4ccccc4)nn3)o2)C1. The lowest BCUT2D eigenvalue weighted by Crippen LogP contribution is -2.33. The van der Waals surface area contributed by atoms with Crippen molar-refractivity contribution in [1.82, 2.24) is 25.2 Å². The van der Waals surface area contributed by atoms with Gasteiger partial charge in [-0.05, 0) is 12.1 Å².